The lowest BCUT2D eigenvalue weighted by atomic mass is 9.88. The second-order valence-electron chi connectivity index (χ2n) is 5.57. The van der Waals surface area contributed by atoms with Crippen molar-refractivity contribution in [2.45, 2.75) is 26.7 Å². The van der Waals surface area contributed by atoms with E-state index in [0.29, 0.717) is 18.4 Å². The van der Waals surface area contributed by atoms with Crippen LogP contribution in [0.1, 0.15) is 35.7 Å². The van der Waals surface area contributed by atoms with Gasteiger partial charge in [-0.05, 0) is 43.4 Å². The van der Waals surface area contributed by atoms with Gasteiger partial charge in [-0.25, -0.2) is 4.39 Å². The summed E-state index contributed by atoms with van der Waals surface area (Å²) >= 11 is 5.93. The molecule has 3 nitrogen and oxygen atoms in total. The summed E-state index contributed by atoms with van der Waals surface area (Å²) in [6.45, 7) is 3.48. The predicted molar refractivity (Wildman–Crippen MR) is 73.5 cm³/mol. The maximum Gasteiger partial charge on any atom is 0.307 e. The zero-order chi connectivity index (χ0) is 15.0. The Labute approximate surface area is 121 Å². The summed E-state index contributed by atoms with van der Waals surface area (Å²) in [5.74, 6) is -2.80. The second kappa shape index (κ2) is 5.52. The van der Waals surface area contributed by atoms with Crippen LogP contribution in [0.3, 0.4) is 0 Å². The largest absolute Gasteiger partial charge is 0.481 e. The molecule has 0 saturated heterocycles. The Balaban J connectivity index is 2.36. The van der Waals surface area contributed by atoms with Crippen LogP contribution in [0.25, 0.3) is 0 Å². The lowest BCUT2D eigenvalue weighted by Crippen LogP contribution is -2.25. The Kier molecular flexibility index (Phi) is 4.14. The zero-order valence-electron chi connectivity index (χ0n) is 11.3. The van der Waals surface area contributed by atoms with Gasteiger partial charge in [-0.2, -0.15) is 0 Å². The Bertz CT molecular complexity index is 570. The lowest BCUT2D eigenvalue weighted by molar-refractivity contribution is -0.142. The van der Waals surface area contributed by atoms with Crippen molar-refractivity contribution in [2.24, 2.45) is 17.8 Å². The number of carbonyl (C=O) groups excluding carboxylic acids is 1. The van der Waals surface area contributed by atoms with Crippen LogP contribution in [0.15, 0.2) is 12.1 Å². The summed E-state index contributed by atoms with van der Waals surface area (Å²) in [5, 5.41) is 9.26. The van der Waals surface area contributed by atoms with E-state index < -0.39 is 23.6 Å². The minimum absolute atomic E-state index is 0.0433. The van der Waals surface area contributed by atoms with Gasteiger partial charge in [0.1, 0.15) is 5.82 Å². The first-order chi connectivity index (χ1) is 9.31. The van der Waals surface area contributed by atoms with Crippen LogP contribution in [0, 0.1) is 30.5 Å². The van der Waals surface area contributed by atoms with E-state index in [0.717, 1.165) is 6.07 Å². The highest BCUT2D eigenvalue weighted by molar-refractivity contribution is 6.34. The number of hydrogen-bond acceptors (Lipinski definition) is 2. The third-order valence-corrected chi connectivity index (χ3v) is 4.28. The van der Waals surface area contributed by atoms with Crippen LogP contribution in [0.2, 0.25) is 5.02 Å². The minimum Gasteiger partial charge on any atom is -0.481 e. The molecule has 0 bridgehead atoms. The fourth-order valence-electron chi connectivity index (χ4n) is 2.90. The average molecular weight is 299 g/mol. The molecule has 1 aromatic rings. The molecule has 0 spiro atoms. The van der Waals surface area contributed by atoms with E-state index in [4.69, 9.17) is 11.6 Å². The maximum absolute atomic E-state index is 13.4. The Hall–Kier alpha value is -1.42. The molecule has 0 radical (unpaired) electrons. The Morgan fingerprint density at radius 2 is 1.90 bits per heavy atom. The molecule has 5 heteroatoms. The molecule has 2 rings (SSSR count). The van der Waals surface area contributed by atoms with Gasteiger partial charge in [0, 0.05) is 11.5 Å². The number of benzene rings is 1. The number of aryl methyl sites for hydroxylation is 1. The van der Waals surface area contributed by atoms with Gasteiger partial charge in [-0.15, -0.1) is 0 Å². The highest BCUT2D eigenvalue weighted by atomic mass is 35.5. The summed E-state index contributed by atoms with van der Waals surface area (Å²) in [7, 11) is 0. The van der Waals surface area contributed by atoms with Crippen molar-refractivity contribution >= 4 is 23.4 Å². The molecule has 1 aliphatic rings. The maximum atomic E-state index is 13.4. The normalized spacial score (nSPS) is 25.7. The van der Waals surface area contributed by atoms with Gasteiger partial charge < -0.3 is 5.11 Å². The van der Waals surface area contributed by atoms with E-state index >= 15 is 0 Å². The van der Waals surface area contributed by atoms with Gasteiger partial charge in [0.15, 0.2) is 5.78 Å². The van der Waals surface area contributed by atoms with E-state index in [1.165, 1.54) is 6.07 Å². The summed E-state index contributed by atoms with van der Waals surface area (Å²) < 4.78 is 13.4. The first-order valence-corrected chi connectivity index (χ1v) is 6.91. The first-order valence-electron chi connectivity index (χ1n) is 6.54. The van der Waals surface area contributed by atoms with Crippen LogP contribution in [0.4, 0.5) is 4.39 Å². The van der Waals surface area contributed by atoms with Crippen molar-refractivity contribution in [2.75, 3.05) is 0 Å². The SMILES string of the molecule is Cc1cc(C(=O)C2CC(C)CC2C(=O)O)c(Cl)cc1F. The average Bonchev–Trinajstić information content (AvgIpc) is 2.75. The summed E-state index contributed by atoms with van der Waals surface area (Å²) in [5.41, 5.74) is 0.548. The predicted octanol–water partition coefficient (Wildman–Crippen LogP) is 3.72. The number of carboxylic acids is 1. The molecule has 0 aromatic heterocycles. The molecule has 1 saturated carbocycles. The third-order valence-electron chi connectivity index (χ3n) is 3.97. The van der Waals surface area contributed by atoms with Gasteiger partial charge in [0.05, 0.1) is 10.9 Å². The van der Waals surface area contributed by atoms with Gasteiger partial charge in [0.25, 0.3) is 0 Å². The fourth-order valence-corrected chi connectivity index (χ4v) is 3.14. The molecule has 20 heavy (non-hydrogen) atoms. The highest BCUT2D eigenvalue weighted by Crippen LogP contribution is 2.39. The molecule has 1 aliphatic carbocycles. The Morgan fingerprint density at radius 1 is 1.30 bits per heavy atom. The van der Waals surface area contributed by atoms with Crippen LogP contribution in [0.5, 0.6) is 0 Å². The van der Waals surface area contributed by atoms with Crippen molar-refractivity contribution in [3.05, 3.63) is 34.1 Å². The van der Waals surface area contributed by atoms with Crippen molar-refractivity contribution in [1.29, 1.82) is 0 Å². The van der Waals surface area contributed by atoms with Crippen LogP contribution in [-0.2, 0) is 4.79 Å². The van der Waals surface area contributed by atoms with Crippen LogP contribution < -0.4 is 0 Å². The number of carbonyl (C=O) groups is 2. The molecule has 3 atom stereocenters. The van der Waals surface area contributed by atoms with Crippen LogP contribution >= 0.6 is 11.6 Å². The van der Waals surface area contributed by atoms with Crippen molar-refractivity contribution in [3.63, 3.8) is 0 Å². The van der Waals surface area contributed by atoms with E-state index in [1.54, 1.807) is 6.92 Å². The van der Waals surface area contributed by atoms with Gasteiger partial charge in [-0.3, -0.25) is 9.59 Å². The zero-order valence-corrected chi connectivity index (χ0v) is 12.1. The number of hydrogen-bond donors (Lipinski definition) is 1. The van der Waals surface area contributed by atoms with Crippen molar-refractivity contribution in [1.82, 2.24) is 0 Å². The highest BCUT2D eigenvalue weighted by Gasteiger charge is 2.41. The monoisotopic (exact) mass is 298 g/mol. The third kappa shape index (κ3) is 2.70. The number of Topliss-reactive ketones (excluding diaryl/α,β-unsaturated/α-hetero) is 1. The molecule has 108 valence electrons. The van der Waals surface area contributed by atoms with Gasteiger partial charge in [0.2, 0.25) is 0 Å². The fraction of sp³-hybridized carbons (Fsp3) is 0.467. The Morgan fingerprint density at radius 3 is 2.50 bits per heavy atom. The molecule has 1 fully saturated rings. The molecular formula is C15H16ClFO3. The molecular weight excluding hydrogens is 283 g/mol. The van der Waals surface area contributed by atoms with Crippen molar-refractivity contribution < 1.29 is 19.1 Å². The van der Waals surface area contributed by atoms with Crippen LogP contribution in [-0.4, -0.2) is 16.9 Å². The number of ketones is 1. The van der Waals surface area contributed by atoms with E-state index in [2.05, 4.69) is 0 Å². The topological polar surface area (TPSA) is 54.4 Å². The first kappa shape index (κ1) is 15.0. The quantitative estimate of drug-likeness (QED) is 0.865. The minimum atomic E-state index is -0.956. The van der Waals surface area contributed by atoms with E-state index in [-0.39, 0.29) is 22.3 Å². The van der Waals surface area contributed by atoms with E-state index in [1.807, 2.05) is 6.92 Å². The standard InChI is InChI=1S/C15H16ClFO3/c1-7-3-9(10(4-7)15(19)20)14(18)11-5-8(2)13(17)6-12(11)16/h5-7,9-10H,3-4H2,1-2H3,(H,19,20). The molecule has 1 N–H and O–H groups in total. The summed E-state index contributed by atoms with van der Waals surface area (Å²) in [6, 6.07) is 2.51. The molecule has 0 aliphatic heterocycles. The molecule has 0 heterocycles. The van der Waals surface area contributed by atoms with Gasteiger partial charge >= 0.3 is 5.97 Å². The smallest absolute Gasteiger partial charge is 0.307 e. The molecule has 3 unspecified atom stereocenters. The molecule has 0 amide bonds. The van der Waals surface area contributed by atoms with Gasteiger partial charge in [-0.1, -0.05) is 18.5 Å². The summed E-state index contributed by atoms with van der Waals surface area (Å²) in [4.78, 5) is 23.8. The number of rotatable bonds is 3. The summed E-state index contributed by atoms with van der Waals surface area (Å²) in [6.07, 6.45) is 1.02. The number of halogens is 2. The van der Waals surface area contributed by atoms with Crippen molar-refractivity contribution in [3.8, 4) is 0 Å². The number of aliphatic carboxylic acids is 1. The lowest BCUT2D eigenvalue weighted by Gasteiger charge is -2.15. The van der Waals surface area contributed by atoms with E-state index in [9.17, 15) is 19.1 Å². The second-order valence-corrected chi connectivity index (χ2v) is 5.98. The number of carboxylic acid groups (broad SMARTS) is 1. The molecule has 1 aromatic carbocycles.